The molecule has 0 saturated heterocycles. The van der Waals surface area contributed by atoms with Gasteiger partial charge in [0.15, 0.2) is 0 Å². The Morgan fingerprint density at radius 1 is 1.14 bits per heavy atom. The summed E-state index contributed by atoms with van der Waals surface area (Å²) in [5.41, 5.74) is 2.07. The van der Waals surface area contributed by atoms with Gasteiger partial charge in [0, 0.05) is 18.5 Å². The molecule has 4 heteroatoms. The molecule has 1 unspecified atom stereocenters. The normalized spacial score (nSPS) is 20.2. The Morgan fingerprint density at radius 2 is 1.81 bits per heavy atom. The zero-order valence-corrected chi connectivity index (χ0v) is 12.4. The number of hydrogen-bond acceptors (Lipinski definition) is 3. The highest BCUT2D eigenvalue weighted by Gasteiger charge is 2.50. The second kappa shape index (κ2) is 5.27. The van der Waals surface area contributed by atoms with Crippen molar-refractivity contribution < 1.29 is 4.79 Å². The van der Waals surface area contributed by atoms with Crippen LogP contribution in [0.4, 0.5) is 5.69 Å². The summed E-state index contributed by atoms with van der Waals surface area (Å²) in [5, 5.41) is 11.1. The molecule has 3 rings (SSSR count). The summed E-state index contributed by atoms with van der Waals surface area (Å²) >= 11 is 1.13. The number of nitrogens with zero attached hydrogens (tertiary/aromatic N) is 2. The number of likely N-dealkylation sites (N-methyl/N-ethyl adjacent to an activating group) is 1. The van der Waals surface area contributed by atoms with Gasteiger partial charge in [0.2, 0.25) is 5.91 Å². The van der Waals surface area contributed by atoms with Crippen molar-refractivity contribution in [3.8, 4) is 5.40 Å². The van der Waals surface area contributed by atoms with E-state index in [0.29, 0.717) is 5.75 Å². The van der Waals surface area contributed by atoms with Crippen LogP contribution in [0.5, 0.6) is 0 Å². The second-order valence-electron chi connectivity index (χ2n) is 5.03. The molecule has 0 spiro atoms. The number of benzene rings is 2. The van der Waals surface area contributed by atoms with Crippen molar-refractivity contribution >= 4 is 23.4 Å². The van der Waals surface area contributed by atoms with Gasteiger partial charge in [0.05, 0.1) is 0 Å². The van der Waals surface area contributed by atoms with E-state index in [2.05, 4.69) is 5.40 Å². The average molecular weight is 294 g/mol. The van der Waals surface area contributed by atoms with Crippen molar-refractivity contribution in [3.63, 3.8) is 0 Å². The van der Waals surface area contributed by atoms with Gasteiger partial charge in [0.1, 0.15) is 10.8 Å². The highest BCUT2D eigenvalue weighted by Crippen LogP contribution is 2.47. The zero-order chi connectivity index (χ0) is 14.9. The van der Waals surface area contributed by atoms with E-state index >= 15 is 0 Å². The fourth-order valence-electron chi connectivity index (χ4n) is 3.00. The third-order valence-electron chi connectivity index (χ3n) is 4.01. The van der Waals surface area contributed by atoms with Crippen molar-refractivity contribution in [2.75, 3.05) is 17.7 Å². The van der Waals surface area contributed by atoms with E-state index in [9.17, 15) is 4.79 Å². The summed E-state index contributed by atoms with van der Waals surface area (Å²) in [7, 11) is 1.79. The average Bonchev–Trinajstić information content (AvgIpc) is 2.76. The number of carbonyl (C=O) groups excluding carboxylic acids is 1. The lowest BCUT2D eigenvalue weighted by molar-refractivity contribution is -0.120. The van der Waals surface area contributed by atoms with Crippen LogP contribution < -0.4 is 4.90 Å². The first-order chi connectivity index (χ1) is 10.2. The molecule has 0 aromatic heterocycles. The molecular weight excluding hydrogens is 280 g/mol. The van der Waals surface area contributed by atoms with Gasteiger partial charge in [-0.25, -0.2) is 0 Å². The summed E-state index contributed by atoms with van der Waals surface area (Å²) in [6, 6.07) is 17.5. The summed E-state index contributed by atoms with van der Waals surface area (Å²) < 4.78 is 0. The summed E-state index contributed by atoms with van der Waals surface area (Å²) in [6.45, 7) is 0. The molecule has 104 valence electrons. The van der Waals surface area contributed by atoms with Crippen molar-refractivity contribution in [1.29, 1.82) is 5.26 Å². The summed E-state index contributed by atoms with van der Waals surface area (Å²) in [5.74, 6) is 0.450. The maximum Gasteiger partial charge on any atom is 0.242 e. The van der Waals surface area contributed by atoms with Crippen LogP contribution in [-0.4, -0.2) is 18.7 Å². The third-order valence-corrected chi connectivity index (χ3v) is 4.72. The van der Waals surface area contributed by atoms with Gasteiger partial charge < -0.3 is 4.90 Å². The summed E-state index contributed by atoms with van der Waals surface area (Å²) in [4.78, 5) is 14.7. The standard InChI is InChI=1S/C17H14N2OS/c1-19-15-10-6-5-9-14(15)17(16(19)20,11-21-12-18)13-7-3-2-4-8-13/h2-10H,11H2,1H3. The minimum atomic E-state index is -0.771. The number of rotatable bonds is 3. The highest BCUT2D eigenvalue weighted by atomic mass is 32.2. The number of hydrogen-bond donors (Lipinski definition) is 0. The number of thiocyanates is 1. The zero-order valence-electron chi connectivity index (χ0n) is 11.6. The molecular formula is C17H14N2OS. The molecule has 1 heterocycles. The third kappa shape index (κ3) is 1.93. The van der Waals surface area contributed by atoms with Crippen LogP contribution in [0.2, 0.25) is 0 Å². The number of thioether (sulfide) groups is 1. The van der Waals surface area contributed by atoms with Gasteiger partial charge in [-0.1, -0.05) is 48.5 Å². The van der Waals surface area contributed by atoms with E-state index in [1.165, 1.54) is 0 Å². The molecule has 0 aliphatic carbocycles. The van der Waals surface area contributed by atoms with Gasteiger partial charge >= 0.3 is 0 Å². The lowest BCUT2D eigenvalue weighted by Crippen LogP contribution is -2.41. The maximum absolute atomic E-state index is 13.0. The second-order valence-corrected chi connectivity index (χ2v) is 5.79. The lowest BCUT2D eigenvalue weighted by atomic mass is 9.77. The fraction of sp³-hybridized carbons (Fsp3) is 0.176. The minimum Gasteiger partial charge on any atom is -0.314 e. The van der Waals surface area contributed by atoms with Crippen LogP contribution in [0.15, 0.2) is 54.6 Å². The predicted molar refractivity (Wildman–Crippen MR) is 85.1 cm³/mol. The number of carbonyl (C=O) groups is 1. The lowest BCUT2D eigenvalue weighted by Gasteiger charge is -2.27. The SMILES string of the molecule is CN1C(=O)C(CSC#N)(c2ccccc2)c2ccccc21. The van der Waals surface area contributed by atoms with Crippen molar-refractivity contribution in [2.45, 2.75) is 5.41 Å². The Balaban J connectivity index is 2.26. The fourth-order valence-corrected chi connectivity index (χ4v) is 3.73. The number of nitriles is 1. The Labute approximate surface area is 128 Å². The van der Waals surface area contributed by atoms with E-state index < -0.39 is 5.41 Å². The Kier molecular flexibility index (Phi) is 3.44. The van der Waals surface area contributed by atoms with Crippen molar-refractivity contribution in [3.05, 3.63) is 65.7 Å². The van der Waals surface area contributed by atoms with E-state index in [1.54, 1.807) is 11.9 Å². The van der Waals surface area contributed by atoms with Crippen molar-refractivity contribution in [1.82, 2.24) is 0 Å². The molecule has 0 radical (unpaired) electrons. The van der Waals surface area contributed by atoms with Crippen LogP contribution in [0, 0.1) is 10.7 Å². The Morgan fingerprint density at radius 3 is 2.52 bits per heavy atom. The van der Waals surface area contributed by atoms with Crippen LogP contribution in [0.1, 0.15) is 11.1 Å². The topological polar surface area (TPSA) is 44.1 Å². The van der Waals surface area contributed by atoms with Crippen LogP contribution >= 0.6 is 11.8 Å². The smallest absolute Gasteiger partial charge is 0.242 e. The highest BCUT2D eigenvalue weighted by molar-refractivity contribution is 8.03. The Hall–Kier alpha value is -2.25. The molecule has 21 heavy (non-hydrogen) atoms. The van der Waals surface area contributed by atoms with Gasteiger partial charge in [-0.15, -0.1) is 0 Å². The molecule has 0 N–H and O–H groups in total. The largest absolute Gasteiger partial charge is 0.314 e. The monoisotopic (exact) mass is 294 g/mol. The predicted octanol–water partition coefficient (Wildman–Crippen LogP) is 3.16. The van der Waals surface area contributed by atoms with E-state index in [1.807, 2.05) is 54.6 Å². The van der Waals surface area contributed by atoms with E-state index in [0.717, 1.165) is 28.6 Å². The van der Waals surface area contributed by atoms with Crippen LogP contribution in [-0.2, 0) is 10.2 Å². The number of fused-ring (bicyclic) bond motifs is 1. The van der Waals surface area contributed by atoms with Gasteiger partial charge in [-0.3, -0.25) is 4.79 Å². The maximum atomic E-state index is 13.0. The first-order valence-electron chi connectivity index (χ1n) is 6.66. The van der Waals surface area contributed by atoms with Gasteiger partial charge in [-0.2, -0.15) is 5.26 Å². The first kappa shape index (κ1) is 13.7. The molecule has 0 bridgehead atoms. The molecule has 2 aromatic carbocycles. The number of para-hydroxylation sites is 1. The molecule has 0 fully saturated rings. The van der Waals surface area contributed by atoms with Crippen molar-refractivity contribution in [2.24, 2.45) is 0 Å². The molecule has 2 aromatic rings. The first-order valence-corrected chi connectivity index (χ1v) is 7.64. The number of anilines is 1. The molecule has 1 atom stereocenters. The minimum absolute atomic E-state index is 0.0256. The van der Waals surface area contributed by atoms with E-state index in [-0.39, 0.29) is 5.91 Å². The number of amides is 1. The molecule has 1 amide bonds. The van der Waals surface area contributed by atoms with Gasteiger partial charge in [-0.05, 0) is 29.0 Å². The van der Waals surface area contributed by atoms with Gasteiger partial charge in [0.25, 0.3) is 0 Å². The molecule has 1 aliphatic heterocycles. The summed E-state index contributed by atoms with van der Waals surface area (Å²) in [6.07, 6.45) is 0. The van der Waals surface area contributed by atoms with E-state index in [4.69, 9.17) is 5.26 Å². The van der Waals surface area contributed by atoms with Crippen LogP contribution in [0.25, 0.3) is 0 Å². The molecule has 1 aliphatic rings. The quantitative estimate of drug-likeness (QED) is 0.817. The molecule has 0 saturated carbocycles. The Bertz CT molecular complexity index is 723. The molecule has 3 nitrogen and oxygen atoms in total. The van der Waals surface area contributed by atoms with Crippen LogP contribution in [0.3, 0.4) is 0 Å².